The number of nitrogens with one attached hydrogen (secondary N) is 1. The molecular weight excluding hydrogens is 308 g/mol. The van der Waals surface area contributed by atoms with E-state index in [-0.39, 0.29) is 11.2 Å². The van der Waals surface area contributed by atoms with E-state index in [9.17, 15) is 4.79 Å². The molecular formula is C18H20N2O2S. The lowest BCUT2D eigenvalue weighted by Gasteiger charge is -2.19. The number of hydrogen-bond acceptors (Lipinski definition) is 4. The second-order valence-corrected chi connectivity index (χ2v) is 6.77. The van der Waals surface area contributed by atoms with Crippen molar-refractivity contribution in [2.75, 3.05) is 37.2 Å². The lowest BCUT2D eigenvalue weighted by atomic mass is 10.0. The van der Waals surface area contributed by atoms with Gasteiger partial charge in [-0.25, -0.2) is 0 Å². The summed E-state index contributed by atoms with van der Waals surface area (Å²) in [6.07, 6.45) is 0. The van der Waals surface area contributed by atoms with Crippen LogP contribution in [0.2, 0.25) is 0 Å². The van der Waals surface area contributed by atoms with Crippen molar-refractivity contribution >= 4 is 29.0 Å². The number of benzene rings is 2. The largest absolute Gasteiger partial charge is 0.497 e. The lowest BCUT2D eigenvalue weighted by molar-refractivity contribution is -0.113. The van der Waals surface area contributed by atoms with Gasteiger partial charge in [0.1, 0.15) is 5.75 Å². The first kappa shape index (κ1) is 15.7. The van der Waals surface area contributed by atoms with E-state index in [0.717, 1.165) is 22.7 Å². The monoisotopic (exact) mass is 328 g/mol. The smallest absolute Gasteiger partial charge is 0.234 e. The molecule has 0 bridgehead atoms. The Morgan fingerprint density at radius 1 is 1.17 bits per heavy atom. The third kappa shape index (κ3) is 3.29. The highest BCUT2D eigenvalue weighted by atomic mass is 32.2. The van der Waals surface area contributed by atoms with Gasteiger partial charge in [0.2, 0.25) is 5.91 Å². The van der Waals surface area contributed by atoms with Gasteiger partial charge in [0, 0.05) is 25.5 Å². The molecule has 0 fully saturated rings. The summed E-state index contributed by atoms with van der Waals surface area (Å²) in [6, 6.07) is 14.3. The first-order chi connectivity index (χ1) is 11.1. The zero-order valence-corrected chi connectivity index (χ0v) is 14.3. The van der Waals surface area contributed by atoms with Crippen molar-refractivity contribution in [1.82, 2.24) is 0 Å². The number of thioether (sulfide) groups is 1. The van der Waals surface area contributed by atoms with Crippen LogP contribution in [-0.2, 0) is 4.79 Å². The minimum Gasteiger partial charge on any atom is -0.497 e. The number of carbonyl (C=O) groups is 1. The van der Waals surface area contributed by atoms with Crippen LogP contribution in [0, 0.1) is 0 Å². The van der Waals surface area contributed by atoms with Crippen molar-refractivity contribution in [2.45, 2.75) is 5.25 Å². The normalized spacial score (nSPS) is 17.0. The molecule has 0 saturated heterocycles. The van der Waals surface area contributed by atoms with Gasteiger partial charge >= 0.3 is 0 Å². The molecule has 0 spiro atoms. The van der Waals surface area contributed by atoms with Gasteiger partial charge in [0.05, 0.1) is 18.1 Å². The SMILES string of the molecule is COc1ccc2c(c1)C(c1ccc(N(C)C)cc1)SCC(=O)N2. The molecule has 0 saturated carbocycles. The van der Waals surface area contributed by atoms with Gasteiger partial charge in [-0.3, -0.25) is 4.79 Å². The Labute approximate surface area is 140 Å². The molecule has 23 heavy (non-hydrogen) atoms. The van der Waals surface area contributed by atoms with Crippen LogP contribution in [-0.4, -0.2) is 32.9 Å². The van der Waals surface area contributed by atoms with Crippen LogP contribution in [0.1, 0.15) is 16.4 Å². The molecule has 0 aromatic heterocycles. The summed E-state index contributed by atoms with van der Waals surface area (Å²) in [4.78, 5) is 14.0. The van der Waals surface area contributed by atoms with E-state index in [4.69, 9.17) is 4.74 Å². The van der Waals surface area contributed by atoms with E-state index in [0.29, 0.717) is 5.75 Å². The molecule has 0 aliphatic carbocycles. The third-order valence-corrected chi connectivity index (χ3v) is 5.20. The Morgan fingerprint density at radius 3 is 2.57 bits per heavy atom. The van der Waals surface area contributed by atoms with Gasteiger partial charge in [-0.05, 0) is 41.5 Å². The molecule has 120 valence electrons. The lowest BCUT2D eigenvalue weighted by Crippen LogP contribution is -2.12. The Hall–Kier alpha value is -2.14. The minimum atomic E-state index is 0.0360. The molecule has 1 atom stereocenters. The molecule has 2 aromatic rings. The number of nitrogens with zero attached hydrogens (tertiary/aromatic N) is 1. The van der Waals surface area contributed by atoms with Crippen LogP contribution in [0.15, 0.2) is 42.5 Å². The highest BCUT2D eigenvalue weighted by molar-refractivity contribution is 8.00. The quantitative estimate of drug-likeness (QED) is 0.936. The number of ether oxygens (including phenoxy) is 1. The molecule has 2 aromatic carbocycles. The fourth-order valence-corrected chi connectivity index (χ4v) is 3.77. The van der Waals surface area contributed by atoms with Crippen LogP contribution >= 0.6 is 11.8 Å². The average molecular weight is 328 g/mol. The van der Waals surface area contributed by atoms with Crippen molar-refractivity contribution in [2.24, 2.45) is 0 Å². The van der Waals surface area contributed by atoms with Crippen molar-refractivity contribution in [1.29, 1.82) is 0 Å². The maximum absolute atomic E-state index is 12.0. The molecule has 0 radical (unpaired) electrons. The van der Waals surface area contributed by atoms with Crippen molar-refractivity contribution in [3.63, 3.8) is 0 Å². The predicted molar refractivity (Wildman–Crippen MR) is 96.7 cm³/mol. The number of hydrogen-bond donors (Lipinski definition) is 1. The van der Waals surface area contributed by atoms with E-state index in [2.05, 4.69) is 34.5 Å². The van der Waals surface area contributed by atoms with Crippen LogP contribution < -0.4 is 15.0 Å². The highest BCUT2D eigenvalue weighted by Crippen LogP contribution is 2.43. The Morgan fingerprint density at radius 2 is 1.91 bits per heavy atom. The maximum Gasteiger partial charge on any atom is 0.234 e. The number of anilines is 2. The van der Waals surface area contributed by atoms with Gasteiger partial charge in [-0.2, -0.15) is 0 Å². The van der Waals surface area contributed by atoms with Crippen molar-refractivity contribution < 1.29 is 9.53 Å². The number of amides is 1. The molecule has 1 unspecified atom stereocenters. The topological polar surface area (TPSA) is 41.6 Å². The molecule has 1 heterocycles. The van der Waals surface area contributed by atoms with Crippen molar-refractivity contribution in [3.8, 4) is 5.75 Å². The summed E-state index contributed by atoms with van der Waals surface area (Å²) in [7, 11) is 5.71. The molecule has 1 N–H and O–H groups in total. The van der Waals surface area contributed by atoms with E-state index >= 15 is 0 Å². The number of methoxy groups -OCH3 is 1. The van der Waals surface area contributed by atoms with Crippen LogP contribution in [0.3, 0.4) is 0 Å². The molecule has 5 heteroatoms. The van der Waals surface area contributed by atoms with Gasteiger partial charge < -0.3 is 15.0 Å². The fourth-order valence-electron chi connectivity index (χ4n) is 2.66. The minimum absolute atomic E-state index is 0.0360. The van der Waals surface area contributed by atoms with Crippen molar-refractivity contribution in [3.05, 3.63) is 53.6 Å². The summed E-state index contributed by atoms with van der Waals surface area (Å²) < 4.78 is 5.35. The van der Waals surface area contributed by atoms with Crippen LogP contribution in [0.4, 0.5) is 11.4 Å². The Balaban J connectivity index is 2.03. The Kier molecular flexibility index (Phi) is 4.48. The summed E-state index contributed by atoms with van der Waals surface area (Å²) in [5.74, 6) is 1.28. The fraction of sp³-hybridized carbons (Fsp3) is 0.278. The standard InChI is InChI=1S/C18H20N2O2S/c1-20(2)13-6-4-12(5-7-13)18-15-10-14(22-3)8-9-16(15)19-17(21)11-23-18/h4-10,18H,11H2,1-3H3,(H,19,21). The molecule has 3 rings (SSSR count). The van der Waals surface area contributed by atoms with E-state index in [1.165, 1.54) is 5.56 Å². The van der Waals surface area contributed by atoms with Gasteiger partial charge in [-0.15, -0.1) is 11.8 Å². The zero-order chi connectivity index (χ0) is 16.4. The summed E-state index contributed by atoms with van der Waals surface area (Å²) in [5.41, 5.74) is 4.29. The molecule has 1 aliphatic heterocycles. The number of carbonyl (C=O) groups excluding carboxylic acids is 1. The number of rotatable bonds is 3. The second kappa shape index (κ2) is 6.54. The first-order valence-corrected chi connectivity index (χ1v) is 8.50. The maximum atomic E-state index is 12.0. The van der Waals surface area contributed by atoms with Gasteiger partial charge in [0.15, 0.2) is 0 Å². The Bertz CT molecular complexity index is 713. The zero-order valence-electron chi connectivity index (χ0n) is 13.5. The van der Waals surface area contributed by atoms with E-state index in [1.54, 1.807) is 18.9 Å². The van der Waals surface area contributed by atoms with Gasteiger partial charge in [0.25, 0.3) is 0 Å². The van der Waals surface area contributed by atoms with E-state index in [1.807, 2.05) is 32.3 Å². The second-order valence-electron chi connectivity index (χ2n) is 5.68. The van der Waals surface area contributed by atoms with Gasteiger partial charge in [-0.1, -0.05) is 12.1 Å². The number of fused-ring (bicyclic) bond motifs is 1. The third-order valence-electron chi connectivity index (χ3n) is 3.91. The van der Waals surface area contributed by atoms with E-state index < -0.39 is 0 Å². The highest BCUT2D eigenvalue weighted by Gasteiger charge is 2.24. The van der Waals surface area contributed by atoms with Crippen LogP contribution in [0.25, 0.3) is 0 Å². The molecule has 4 nitrogen and oxygen atoms in total. The molecule has 1 aliphatic rings. The summed E-state index contributed by atoms with van der Waals surface area (Å²) in [6.45, 7) is 0. The van der Waals surface area contributed by atoms with Crippen LogP contribution in [0.5, 0.6) is 5.75 Å². The predicted octanol–water partition coefficient (Wildman–Crippen LogP) is 3.54. The first-order valence-electron chi connectivity index (χ1n) is 7.45. The summed E-state index contributed by atoms with van der Waals surface area (Å²) in [5, 5.41) is 3.09. The average Bonchev–Trinajstić information content (AvgIpc) is 2.72. The molecule has 1 amide bonds. The summed E-state index contributed by atoms with van der Waals surface area (Å²) >= 11 is 1.64.